The van der Waals surface area contributed by atoms with E-state index < -0.39 is 16.1 Å². The standard InChI is InChI=1S/C12H24N2O5S/c1-9(2)19-10(7-14-20(3,16)17)8-18-12(15)11-5-4-6-13-11/h9-11,13-14H,4-8H2,1-3H3/t10-,11-/m0/s1. The Hall–Kier alpha value is -0.700. The first kappa shape index (κ1) is 17.4. The van der Waals surface area contributed by atoms with Crippen molar-refractivity contribution in [1.82, 2.24) is 10.0 Å². The van der Waals surface area contributed by atoms with Gasteiger partial charge in [-0.3, -0.25) is 4.79 Å². The fourth-order valence-electron chi connectivity index (χ4n) is 1.94. The summed E-state index contributed by atoms with van der Waals surface area (Å²) in [6.45, 7) is 4.63. The molecule has 0 radical (unpaired) electrons. The predicted molar refractivity (Wildman–Crippen MR) is 74.8 cm³/mol. The van der Waals surface area contributed by atoms with Crippen molar-refractivity contribution in [1.29, 1.82) is 0 Å². The molecule has 0 amide bonds. The summed E-state index contributed by atoms with van der Waals surface area (Å²) in [5.41, 5.74) is 0. The lowest BCUT2D eigenvalue weighted by atomic mass is 10.2. The van der Waals surface area contributed by atoms with Gasteiger partial charge in [-0.2, -0.15) is 0 Å². The van der Waals surface area contributed by atoms with Crippen molar-refractivity contribution in [2.24, 2.45) is 0 Å². The SMILES string of the molecule is CC(C)O[C@@H](CNS(C)(=O)=O)COC(=O)[C@@H]1CCCN1. The number of carbonyl (C=O) groups is 1. The highest BCUT2D eigenvalue weighted by atomic mass is 32.2. The van der Waals surface area contributed by atoms with Gasteiger partial charge in [-0.15, -0.1) is 0 Å². The first-order chi connectivity index (χ1) is 9.28. The second-order valence-electron chi connectivity index (χ2n) is 5.21. The Morgan fingerprint density at radius 2 is 2.15 bits per heavy atom. The van der Waals surface area contributed by atoms with Crippen molar-refractivity contribution < 1.29 is 22.7 Å². The van der Waals surface area contributed by atoms with Crippen LogP contribution in [0.2, 0.25) is 0 Å². The number of sulfonamides is 1. The average molecular weight is 308 g/mol. The van der Waals surface area contributed by atoms with Crippen molar-refractivity contribution in [3.05, 3.63) is 0 Å². The van der Waals surface area contributed by atoms with Crippen LogP contribution in [-0.4, -0.2) is 58.6 Å². The summed E-state index contributed by atoms with van der Waals surface area (Å²) in [7, 11) is -3.29. The molecule has 2 atom stereocenters. The van der Waals surface area contributed by atoms with Crippen LogP contribution < -0.4 is 10.0 Å². The second kappa shape index (κ2) is 7.92. The van der Waals surface area contributed by atoms with E-state index in [4.69, 9.17) is 9.47 Å². The van der Waals surface area contributed by atoms with Gasteiger partial charge in [0.2, 0.25) is 10.0 Å². The molecule has 0 saturated carbocycles. The van der Waals surface area contributed by atoms with E-state index in [1.807, 2.05) is 13.8 Å². The molecule has 1 aliphatic rings. The van der Waals surface area contributed by atoms with Gasteiger partial charge in [0.25, 0.3) is 0 Å². The van der Waals surface area contributed by atoms with Gasteiger partial charge in [0.05, 0.1) is 12.4 Å². The van der Waals surface area contributed by atoms with Gasteiger partial charge in [0.1, 0.15) is 18.8 Å². The molecule has 0 bridgehead atoms. The first-order valence-electron chi connectivity index (χ1n) is 6.78. The summed E-state index contributed by atoms with van der Waals surface area (Å²) in [5.74, 6) is -0.306. The lowest BCUT2D eigenvalue weighted by Crippen LogP contribution is -2.40. The minimum Gasteiger partial charge on any atom is -0.462 e. The summed E-state index contributed by atoms with van der Waals surface area (Å²) < 4.78 is 35.3. The molecule has 8 heteroatoms. The number of hydrogen-bond acceptors (Lipinski definition) is 6. The van der Waals surface area contributed by atoms with Crippen molar-refractivity contribution in [2.75, 3.05) is 26.0 Å². The van der Waals surface area contributed by atoms with Crippen molar-refractivity contribution in [3.63, 3.8) is 0 Å². The Labute approximate surface area is 120 Å². The van der Waals surface area contributed by atoms with Gasteiger partial charge >= 0.3 is 5.97 Å². The zero-order valence-corrected chi connectivity index (χ0v) is 13.0. The predicted octanol–water partition coefficient (Wildman–Crippen LogP) is -0.376. The summed E-state index contributed by atoms with van der Waals surface area (Å²) in [6, 6.07) is -0.252. The highest BCUT2D eigenvalue weighted by Crippen LogP contribution is 2.07. The van der Waals surface area contributed by atoms with E-state index in [1.54, 1.807) is 0 Å². The Balaban J connectivity index is 2.40. The van der Waals surface area contributed by atoms with Crippen LogP contribution in [0.3, 0.4) is 0 Å². The molecule has 2 N–H and O–H groups in total. The van der Waals surface area contributed by atoms with E-state index in [1.165, 1.54) is 0 Å². The number of rotatable bonds is 8. The smallest absolute Gasteiger partial charge is 0.323 e. The summed E-state index contributed by atoms with van der Waals surface area (Å²) in [4.78, 5) is 11.8. The van der Waals surface area contributed by atoms with Gasteiger partial charge in [-0.1, -0.05) is 0 Å². The number of ether oxygens (including phenoxy) is 2. The van der Waals surface area contributed by atoms with Crippen LogP contribution in [0.15, 0.2) is 0 Å². The minimum absolute atomic E-state index is 0.0394. The number of esters is 1. The lowest BCUT2D eigenvalue weighted by Gasteiger charge is -2.21. The zero-order valence-electron chi connectivity index (χ0n) is 12.2. The summed E-state index contributed by atoms with van der Waals surface area (Å²) >= 11 is 0. The van der Waals surface area contributed by atoms with Crippen LogP contribution >= 0.6 is 0 Å². The molecule has 0 aromatic heterocycles. The molecule has 0 aromatic rings. The van der Waals surface area contributed by atoms with E-state index >= 15 is 0 Å². The van der Waals surface area contributed by atoms with E-state index in [9.17, 15) is 13.2 Å². The fraction of sp³-hybridized carbons (Fsp3) is 0.917. The molecular formula is C12H24N2O5S. The van der Waals surface area contributed by atoms with Crippen LogP contribution in [0.1, 0.15) is 26.7 Å². The zero-order chi connectivity index (χ0) is 15.2. The lowest BCUT2D eigenvalue weighted by molar-refractivity contribution is -0.150. The first-order valence-corrected chi connectivity index (χ1v) is 8.67. The largest absolute Gasteiger partial charge is 0.462 e. The fourth-order valence-corrected chi connectivity index (χ4v) is 2.43. The van der Waals surface area contributed by atoms with Crippen molar-refractivity contribution >= 4 is 16.0 Å². The molecule has 1 fully saturated rings. The Morgan fingerprint density at radius 1 is 1.45 bits per heavy atom. The van der Waals surface area contributed by atoms with E-state index in [0.29, 0.717) is 0 Å². The molecule has 1 heterocycles. The van der Waals surface area contributed by atoms with Gasteiger partial charge in [0, 0.05) is 6.54 Å². The highest BCUT2D eigenvalue weighted by Gasteiger charge is 2.25. The van der Waals surface area contributed by atoms with E-state index in [-0.39, 0.29) is 31.3 Å². The molecule has 20 heavy (non-hydrogen) atoms. The minimum atomic E-state index is -3.29. The third kappa shape index (κ3) is 7.18. The van der Waals surface area contributed by atoms with Gasteiger partial charge < -0.3 is 14.8 Å². The molecule has 1 saturated heterocycles. The Bertz CT molecular complexity index is 404. The Kier molecular flexibility index (Phi) is 6.87. The summed E-state index contributed by atoms with van der Waals surface area (Å²) in [5, 5.41) is 3.05. The van der Waals surface area contributed by atoms with E-state index in [2.05, 4.69) is 10.0 Å². The normalized spacial score (nSPS) is 21.1. The average Bonchev–Trinajstić information content (AvgIpc) is 2.84. The number of hydrogen-bond donors (Lipinski definition) is 2. The molecular weight excluding hydrogens is 284 g/mol. The molecule has 7 nitrogen and oxygen atoms in total. The third-order valence-electron chi connectivity index (χ3n) is 2.79. The van der Waals surface area contributed by atoms with Crippen molar-refractivity contribution in [2.45, 2.75) is 44.9 Å². The van der Waals surface area contributed by atoms with Gasteiger partial charge in [-0.25, -0.2) is 13.1 Å². The van der Waals surface area contributed by atoms with Gasteiger partial charge in [-0.05, 0) is 33.2 Å². The molecule has 1 aliphatic heterocycles. The van der Waals surface area contributed by atoms with Crippen LogP contribution in [0, 0.1) is 0 Å². The second-order valence-corrected chi connectivity index (χ2v) is 7.04. The van der Waals surface area contributed by atoms with Crippen molar-refractivity contribution in [3.8, 4) is 0 Å². The topological polar surface area (TPSA) is 93.7 Å². The van der Waals surface area contributed by atoms with Crippen LogP contribution in [0.25, 0.3) is 0 Å². The van der Waals surface area contributed by atoms with Crippen LogP contribution in [0.5, 0.6) is 0 Å². The quantitative estimate of drug-likeness (QED) is 0.594. The molecule has 0 aromatic carbocycles. The maximum atomic E-state index is 11.8. The van der Waals surface area contributed by atoms with Gasteiger partial charge in [0.15, 0.2) is 0 Å². The molecule has 0 aliphatic carbocycles. The number of nitrogens with one attached hydrogen (secondary N) is 2. The summed E-state index contributed by atoms with van der Waals surface area (Å²) in [6.07, 6.45) is 2.24. The van der Waals surface area contributed by atoms with Crippen LogP contribution in [0.4, 0.5) is 0 Å². The maximum Gasteiger partial charge on any atom is 0.323 e. The highest BCUT2D eigenvalue weighted by molar-refractivity contribution is 7.88. The van der Waals surface area contributed by atoms with E-state index in [0.717, 1.165) is 25.6 Å². The number of carbonyl (C=O) groups excluding carboxylic acids is 1. The third-order valence-corrected chi connectivity index (χ3v) is 3.49. The Morgan fingerprint density at radius 3 is 2.65 bits per heavy atom. The molecule has 118 valence electrons. The molecule has 0 spiro atoms. The molecule has 0 unspecified atom stereocenters. The molecule has 1 rings (SSSR count). The van der Waals surface area contributed by atoms with Crippen LogP contribution in [-0.2, 0) is 24.3 Å². The monoisotopic (exact) mass is 308 g/mol. The maximum absolute atomic E-state index is 11.8.